The first-order valence-electron chi connectivity index (χ1n) is 6.45. The second kappa shape index (κ2) is 4.82. The zero-order chi connectivity index (χ0) is 12.4. The van der Waals surface area contributed by atoms with Crippen LogP contribution in [0, 0.1) is 5.41 Å². The summed E-state index contributed by atoms with van der Waals surface area (Å²) in [5.41, 5.74) is 1.40. The van der Waals surface area contributed by atoms with Crippen LogP contribution in [0.1, 0.15) is 18.5 Å². The van der Waals surface area contributed by atoms with Crippen LogP contribution in [0.4, 0.5) is 5.95 Å². The van der Waals surface area contributed by atoms with E-state index in [0.717, 1.165) is 37.9 Å². The molecule has 0 bridgehead atoms. The molecule has 2 aliphatic rings. The van der Waals surface area contributed by atoms with Crippen molar-refractivity contribution in [1.29, 1.82) is 0 Å². The molecule has 2 saturated heterocycles. The van der Waals surface area contributed by atoms with Crippen LogP contribution < -0.4 is 4.90 Å². The number of methoxy groups -OCH3 is 1. The Hall–Kier alpha value is -1.20. The molecule has 5 nitrogen and oxygen atoms in total. The predicted octanol–water partition coefficient (Wildman–Crippen LogP) is 1.24. The average molecular weight is 249 g/mol. The van der Waals surface area contributed by atoms with Gasteiger partial charge in [-0.15, -0.1) is 0 Å². The van der Waals surface area contributed by atoms with Gasteiger partial charge in [0.15, 0.2) is 0 Å². The van der Waals surface area contributed by atoms with Crippen molar-refractivity contribution in [2.75, 3.05) is 38.3 Å². The van der Waals surface area contributed by atoms with Crippen molar-refractivity contribution in [2.45, 2.75) is 19.4 Å². The van der Waals surface area contributed by atoms with Gasteiger partial charge in [-0.1, -0.05) is 0 Å². The molecule has 0 saturated carbocycles. The molecule has 2 fully saturated rings. The Morgan fingerprint density at radius 3 is 2.89 bits per heavy atom. The highest BCUT2D eigenvalue weighted by Gasteiger charge is 2.44. The lowest BCUT2D eigenvalue weighted by atomic mass is 9.73. The molecule has 3 heterocycles. The van der Waals surface area contributed by atoms with E-state index in [0.29, 0.717) is 12.0 Å². The molecule has 1 aromatic rings. The van der Waals surface area contributed by atoms with E-state index in [4.69, 9.17) is 9.47 Å². The van der Waals surface area contributed by atoms with E-state index in [1.807, 2.05) is 12.3 Å². The van der Waals surface area contributed by atoms with Crippen LogP contribution in [0.5, 0.6) is 0 Å². The first kappa shape index (κ1) is 11.9. The average Bonchev–Trinajstić information content (AvgIpc) is 2.38. The molecule has 0 radical (unpaired) electrons. The maximum atomic E-state index is 5.43. The number of ether oxygens (including phenoxy) is 2. The largest absolute Gasteiger partial charge is 0.381 e. The summed E-state index contributed by atoms with van der Waals surface area (Å²) in [5, 5.41) is 0. The van der Waals surface area contributed by atoms with Crippen LogP contribution in [-0.4, -0.2) is 43.4 Å². The fraction of sp³-hybridized carbons (Fsp3) is 0.692. The van der Waals surface area contributed by atoms with Gasteiger partial charge in [0, 0.05) is 45.0 Å². The lowest BCUT2D eigenvalue weighted by molar-refractivity contribution is -0.000768. The number of hydrogen-bond donors (Lipinski definition) is 0. The summed E-state index contributed by atoms with van der Waals surface area (Å²) in [4.78, 5) is 11.1. The van der Waals surface area contributed by atoms with Crippen molar-refractivity contribution in [3.63, 3.8) is 0 Å². The Kier molecular flexibility index (Phi) is 3.18. The van der Waals surface area contributed by atoms with E-state index in [9.17, 15) is 0 Å². The minimum Gasteiger partial charge on any atom is -0.381 e. The van der Waals surface area contributed by atoms with E-state index in [2.05, 4.69) is 14.9 Å². The Labute approximate surface area is 107 Å². The summed E-state index contributed by atoms with van der Waals surface area (Å²) >= 11 is 0. The molecule has 1 spiro atoms. The molecule has 0 amide bonds. The Balaban J connectivity index is 1.65. The maximum absolute atomic E-state index is 5.43. The smallest absolute Gasteiger partial charge is 0.225 e. The lowest BCUT2D eigenvalue weighted by Crippen LogP contribution is -2.59. The van der Waals surface area contributed by atoms with E-state index in [1.165, 1.54) is 12.8 Å². The van der Waals surface area contributed by atoms with Gasteiger partial charge in [0.25, 0.3) is 0 Å². The van der Waals surface area contributed by atoms with Gasteiger partial charge in [-0.2, -0.15) is 0 Å². The van der Waals surface area contributed by atoms with Gasteiger partial charge < -0.3 is 14.4 Å². The minimum atomic E-state index is 0.457. The zero-order valence-corrected chi connectivity index (χ0v) is 10.8. The topological polar surface area (TPSA) is 47.5 Å². The van der Waals surface area contributed by atoms with Crippen molar-refractivity contribution < 1.29 is 9.47 Å². The molecule has 18 heavy (non-hydrogen) atoms. The van der Waals surface area contributed by atoms with E-state index < -0.39 is 0 Å². The molecule has 0 N–H and O–H groups in total. The molecule has 0 aliphatic carbocycles. The molecule has 98 valence electrons. The van der Waals surface area contributed by atoms with E-state index >= 15 is 0 Å². The van der Waals surface area contributed by atoms with Crippen LogP contribution in [0.2, 0.25) is 0 Å². The number of nitrogens with zero attached hydrogens (tertiary/aromatic N) is 3. The van der Waals surface area contributed by atoms with Crippen LogP contribution in [-0.2, 0) is 16.1 Å². The van der Waals surface area contributed by atoms with Crippen LogP contribution in [0.25, 0.3) is 0 Å². The van der Waals surface area contributed by atoms with Gasteiger partial charge in [-0.3, -0.25) is 0 Å². The number of rotatable bonds is 3. The Morgan fingerprint density at radius 1 is 1.39 bits per heavy atom. The highest BCUT2D eigenvalue weighted by molar-refractivity contribution is 5.36. The number of hydrogen-bond acceptors (Lipinski definition) is 5. The Bertz CT molecular complexity index is 410. The molecule has 5 heteroatoms. The van der Waals surface area contributed by atoms with E-state index in [-0.39, 0.29) is 0 Å². The van der Waals surface area contributed by atoms with Crippen LogP contribution in [0.3, 0.4) is 0 Å². The molecular formula is C13H19N3O2. The third kappa shape index (κ3) is 2.20. The molecule has 2 aliphatic heterocycles. The second-order valence-corrected chi connectivity index (χ2v) is 5.25. The predicted molar refractivity (Wildman–Crippen MR) is 67.4 cm³/mol. The van der Waals surface area contributed by atoms with Crippen molar-refractivity contribution in [2.24, 2.45) is 5.41 Å². The van der Waals surface area contributed by atoms with Gasteiger partial charge in [-0.25, -0.2) is 9.97 Å². The van der Waals surface area contributed by atoms with Crippen LogP contribution in [0.15, 0.2) is 12.3 Å². The highest BCUT2D eigenvalue weighted by atomic mass is 16.5. The highest BCUT2D eigenvalue weighted by Crippen LogP contribution is 2.40. The number of anilines is 1. The lowest BCUT2D eigenvalue weighted by Gasteiger charge is -2.52. The van der Waals surface area contributed by atoms with Crippen molar-refractivity contribution >= 4 is 5.95 Å². The van der Waals surface area contributed by atoms with Gasteiger partial charge >= 0.3 is 0 Å². The third-order valence-corrected chi connectivity index (χ3v) is 3.88. The fourth-order valence-electron chi connectivity index (χ4n) is 2.79. The SMILES string of the molecule is COCc1ccnc(N2CC3(CCOCC3)C2)n1. The van der Waals surface area contributed by atoms with Gasteiger partial charge in [-0.05, 0) is 18.9 Å². The first-order valence-corrected chi connectivity index (χ1v) is 6.45. The minimum absolute atomic E-state index is 0.457. The molecule has 1 aromatic heterocycles. The first-order chi connectivity index (χ1) is 8.81. The summed E-state index contributed by atoms with van der Waals surface area (Å²) < 4.78 is 10.5. The quantitative estimate of drug-likeness (QED) is 0.806. The molecular weight excluding hydrogens is 230 g/mol. The summed E-state index contributed by atoms with van der Waals surface area (Å²) in [6.07, 6.45) is 4.15. The summed E-state index contributed by atoms with van der Waals surface area (Å²) in [7, 11) is 1.68. The van der Waals surface area contributed by atoms with Gasteiger partial charge in [0.05, 0.1) is 12.3 Å². The Morgan fingerprint density at radius 2 is 2.17 bits per heavy atom. The van der Waals surface area contributed by atoms with Crippen LogP contribution >= 0.6 is 0 Å². The van der Waals surface area contributed by atoms with Crippen molar-refractivity contribution in [3.05, 3.63) is 18.0 Å². The summed E-state index contributed by atoms with van der Waals surface area (Å²) in [5.74, 6) is 0.835. The van der Waals surface area contributed by atoms with E-state index in [1.54, 1.807) is 7.11 Å². The normalized spacial score (nSPS) is 21.9. The monoisotopic (exact) mass is 249 g/mol. The molecule has 0 aromatic carbocycles. The standard InChI is InChI=1S/C13H19N3O2/c1-17-8-11-2-5-14-12(15-11)16-9-13(10-16)3-6-18-7-4-13/h2,5H,3-4,6-10H2,1H3. The maximum Gasteiger partial charge on any atom is 0.225 e. The fourth-order valence-corrected chi connectivity index (χ4v) is 2.79. The second-order valence-electron chi connectivity index (χ2n) is 5.25. The summed E-state index contributed by atoms with van der Waals surface area (Å²) in [6, 6.07) is 1.90. The molecule has 3 rings (SSSR count). The number of aromatic nitrogens is 2. The van der Waals surface area contributed by atoms with Crippen molar-refractivity contribution in [3.8, 4) is 0 Å². The van der Waals surface area contributed by atoms with Crippen molar-refractivity contribution in [1.82, 2.24) is 9.97 Å². The molecule has 0 atom stereocenters. The third-order valence-electron chi connectivity index (χ3n) is 3.88. The van der Waals surface area contributed by atoms with Gasteiger partial charge in [0.1, 0.15) is 0 Å². The summed E-state index contributed by atoms with van der Waals surface area (Å²) in [6.45, 7) is 4.47. The zero-order valence-electron chi connectivity index (χ0n) is 10.8. The van der Waals surface area contributed by atoms with Gasteiger partial charge in [0.2, 0.25) is 5.95 Å². The molecule has 0 unspecified atom stereocenters.